The summed E-state index contributed by atoms with van der Waals surface area (Å²) in [6.07, 6.45) is 4.24. The fourth-order valence-electron chi connectivity index (χ4n) is 3.66. The minimum atomic E-state index is -3.96. The van der Waals surface area contributed by atoms with Crippen molar-refractivity contribution in [1.29, 1.82) is 0 Å². The number of aromatic nitrogens is 5. The minimum absolute atomic E-state index is 0.0000918. The molecule has 0 saturated heterocycles. The van der Waals surface area contributed by atoms with Gasteiger partial charge in [-0.15, -0.1) is 0 Å². The van der Waals surface area contributed by atoms with E-state index in [1.807, 2.05) is 52.2 Å². The van der Waals surface area contributed by atoms with Gasteiger partial charge in [-0.25, -0.2) is 23.1 Å². The Labute approximate surface area is 216 Å². The average molecular weight is 523 g/mol. The third-order valence-corrected chi connectivity index (χ3v) is 6.76. The summed E-state index contributed by atoms with van der Waals surface area (Å²) in [6, 6.07) is 11.2. The van der Waals surface area contributed by atoms with E-state index in [1.54, 1.807) is 25.4 Å². The number of anilines is 2. The van der Waals surface area contributed by atoms with E-state index < -0.39 is 10.0 Å². The van der Waals surface area contributed by atoms with Crippen LogP contribution in [0.5, 0.6) is 11.6 Å². The van der Waals surface area contributed by atoms with Gasteiger partial charge in [-0.2, -0.15) is 10.1 Å². The highest BCUT2D eigenvalue weighted by molar-refractivity contribution is 7.92. The fraction of sp³-hybridized carbons (Fsp3) is 0.280. The van der Waals surface area contributed by atoms with E-state index >= 15 is 0 Å². The van der Waals surface area contributed by atoms with Crippen LogP contribution in [-0.4, -0.2) is 65.2 Å². The number of rotatable bonds is 10. The second-order valence-corrected chi connectivity index (χ2v) is 10.5. The maximum absolute atomic E-state index is 12.9. The van der Waals surface area contributed by atoms with Crippen molar-refractivity contribution >= 4 is 21.8 Å². The normalized spacial score (nSPS) is 11.5. The first-order chi connectivity index (χ1) is 17.6. The summed E-state index contributed by atoms with van der Waals surface area (Å²) in [6.45, 7) is 5.57. The molecule has 1 aromatic carbocycles. The lowest BCUT2D eigenvalue weighted by Gasteiger charge is -2.14. The molecule has 0 saturated carbocycles. The van der Waals surface area contributed by atoms with Crippen molar-refractivity contribution in [2.75, 3.05) is 37.2 Å². The van der Waals surface area contributed by atoms with Gasteiger partial charge in [0.15, 0.2) is 0 Å². The van der Waals surface area contributed by atoms with Crippen molar-refractivity contribution in [3.63, 3.8) is 0 Å². The van der Waals surface area contributed by atoms with Gasteiger partial charge in [-0.3, -0.25) is 4.68 Å². The molecule has 12 heteroatoms. The standard InChI is InChI=1S/C25H30N8O3S/c1-17-7-6-8-18(2)24(17)21-13-23(36-19-9-10-22(27-14-19)26-11-12-32(3)4)30-25(29-21)31-37(34,35)20-15-28-33(5)16-20/h6-10,13-16H,11-12H2,1-5H3,(H,26,27)(H,29,30,31). The molecule has 0 spiro atoms. The number of nitrogens with zero attached hydrogens (tertiary/aromatic N) is 6. The zero-order chi connectivity index (χ0) is 26.6. The van der Waals surface area contributed by atoms with Crippen LogP contribution in [0.15, 0.2) is 59.9 Å². The van der Waals surface area contributed by atoms with Gasteiger partial charge in [0, 0.05) is 38.0 Å². The number of aryl methyl sites for hydroxylation is 3. The van der Waals surface area contributed by atoms with Gasteiger partial charge in [-0.05, 0) is 51.2 Å². The molecule has 4 rings (SSSR count). The molecule has 0 fully saturated rings. The third kappa shape index (κ3) is 6.60. The Kier molecular flexibility index (Phi) is 7.69. The molecule has 0 aliphatic heterocycles. The number of pyridine rings is 1. The van der Waals surface area contributed by atoms with E-state index in [0.29, 0.717) is 11.4 Å². The Bertz CT molecular complexity index is 1460. The summed E-state index contributed by atoms with van der Waals surface area (Å²) >= 11 is 0. The number of likely N-dealkylation sites (N-methyl/N-ethyl adjacent to an activating group) is 1. The lowest BCUT2D eigenvalue weighted by atomic mass is 10.00. The van der Waals surface area contributed by atoms with Crippen molar-refractivity contribution in [1.82, 2.24) is 29.6 Å². The van der Waals surface area contributed by atoms with Gasteiger partial charge >= 0.3 is 0 Å². The number of hydrogen-bond acceptors (Lipinski definition) is 9. The Morgan fingerprint density at radius 1 is 1.05 bits per heavy atom. The monoisotopic (exact) mass is 522 g/mol. The van der Waals surface area contributed by atoms with Crippen molar-refractivity contribution in [3.8, 4) is 22.9 Å². The summed E-state index contributed by atoms with van der Waals surface area (Å²) in [7, 11) is 1.69. The summed E-state index contributed by atoms with van der Waals surface area (Å²) in [4.78, 5) is 15.3. The third-order valence-electron chi connectivity index (χ3n) is 5.48. The Hall–Kier alpha value is -4.03. The molecule has 0 bridgehead atoms. The lowest BCUT2D eigenvalue weighted by molar-refractivity contribution is 0.425. The van der Waals surface area contributed by atoms with Crippen LogP contribution in [0, 0.1) is 13.8 Å². The maximum Gasteiger partial charge on any atom is 0.267 e. The van der Waals surface area contributed by atoms with Crippen LogP contribution in [-0.2, 0) is 17.1 Å². The Morgan fingerprint density at radius 2 is 1.81 bits per heavy atom. The molecule has 3 aromatic heterocycles. The van der Waals surface area contributed by atoms with E-state index in [1.165, 1.54) is 17.1 Å². The number of sulfonamides is 1. The van der Waals surface area contributed by atoms with E-state index in [4.69, 9.17) is 4.74 Å². The summed E-state index contributed by atoms with van der Waals surface area (Å²) < 4.78 is 35.7. The van der Waals surface area contributed by atoms with E-state index in [9.17, 15) is 8.42 Å². The highest BCUT2D eigenvalue weighted by Crippen LogP contribution is 2.31. The first-order valence-corrected chi connectivity index (χ1v) is 13.1. The number of hydrogen-bond donors (Lipinski definition) is 2. The molecule has 0 aliphatic rings. The largest absolute Gasteiger partial charge is 0.437 e. The second-order valence-electron chi connectivity index (χ2n) is 8.85. The van der Waals surface area contributed by atoms with Crippen LogP contribution in [0.25, 0.3) is 11.3 Å². The zero-order valence-corrected chi connectivity index (χ0v) is 22.2. The molecule has 3 heterocycles. The Morgan fingerprint density at radius 3 is 2.43 bits per heavy atom. The van der Waals surface area contributed by atoms with Crippen molar-refractivity contribution in [2.24, 2.45) is 7.05 Å². The van der Waals surface area contributed by atoms with Crippen LogP contribution in [0.1, 0.15) is 11.1 Å². The molecule has 0 atom stereocenters. The molecule has 4 aromatic rings. The summed E-state index contributed by atoms with van der Waals surface area (Å²) in [5.41, 5.74) is 3.37. The first-order valence-electron chi connectivity index (χ1n) is 11.6. The van der Waals surface area contributed by atoms with Crippen molar-refractivity contribution in [2.45, 2.75) is 18.7 Å². The molecule has 37 heavy (non-hydrogen) atoms. The average Bonchev–Trinajstić information content (AvgIpc) is 3.27. The van der Waals surface area contributed by atoms with Gasteiger partial charge in [0.2, 0.25) is 11.8 Å². The predicted molar refractivity (Wildman–Crippen MR) is 142 cm³/mol. The van der Waals surface area contributed by atoms with Crippen LogP contribution in [0.2, 0.25) is 0 Å². The molecule has 0 unspecified atom stereocenters. The molecule has 11 nitrogen and oxygen atoms in total. The zero-order valence-electron chi connectivity index (χ0n) is 21.4. The quantitative estimate of drug-likeness (QED) is 0.322. The molecule has 0 amide bonds. The molecule has 0 aliphatic carbocycles. The number of nitrogens with one attached hydrogen (secondary N) is 2. The van der Waals surface area contributed by atoms with Crippen LogP contribution in [0.3, 0.4) is 0 Å². The fourth-order valence-corrected chi connectivity index (χ4v) is 4.59. The second kappa shape index (κ2) is 10.9. The minimum Gasteiger partial charge on any atom is -0.437 e. The number of benzene rings is 1. The first kappa shape index (κ1) is 26.0. The predicted octanol–water partition coefficient (Wildman–Crippen LogP) is 3.46. The van der Waals surface area contributed by atoms with E-state index in [-0.39, 0.29) is 16.7 Å². The molecular formula is C25H30N8O3S. The highest BCUT2D eigenvalue weighted by atomic mass is 32.2. The van der Waals surface area contributed by atoms with E-state index in [2.05, 4.69) is 35.0 Å². The van der Waals surface area contributed by atoms with Crippen LogP contribution in [0.4, 0.5) is 11.8 Å². The van der Waals surface area contributed by atoms with Crippen molar-refractivity contribution < 1.29 is 13.2 Å². The van der Waals surface area contributed by atoms with Gasteiger partial charge in [0.1, 0.15) is 16.5 Å². The Balaban J connectivity index is 1.65. The lowest BCUT2D eigenvalue weighted by Crippen LogP contribution is -2.21. The number of ether oxygens (including phenoxy) is 1. The SMILES string of the molecule is Cc1cccc(C)c1-c1cc(Oc2ccc(NCCN(C)C)nc2)nc(NS(=O)(=O)c2cnn(C)c2)n1. The highest BCUT2D eigenvalue weighted by Gasteiger charge is 2.20. The van der Waals surface area contributed by atoms with Crippen LogP contribution >= 0.6 is 0 Å². The van der Waals surface area contributed by atoms with E-state index in [0.717, 1.165) is 35.6 Å². The molecule has 0 radical (unpaired) electrons. The molecule has 194 valence electrons. The van der Waals surface area contributed by atoms with Crippen molar-refractivity contribution in [3.05, 3.63) is 66.1 Å². The van der Waals surface area contributed by atoms with Gasteiger partial charge in [0.05, 0.1) is 18.1 Å². The van der Waals surface area contributed by atoms with Gasteiger partial charge < -0.3 is 15.0 Å². The smallest absolute Gasteiger partial charge is 0.267 e. The summed E-state index contributed by atoms with van der Waals surface area (Å²) in [5.74, 6) is 1.23. The molecular weight excluding hydrogens is 492 g/mol. The topological polar surface area (TPSA) is 127 Å². The molecule has 2 N–H and O–H groups in total. The van der Waals surface area contributed by atoms with Gasteiger partial charge in [-0.1, -0.05) is 18.2 Å². The summed E-state index contributed by atoms with van der Waals surface area (Å²) in [5, 5.41) is 7.18. The maximum atomic E-state index is 12.9. The van der Waals surface area contributed by atoms with Crippen LogP contribution < -0.4 is 14.8 Å². The van der Waals surface area contributed by atoms with Gasteiger partial charge in [0.25, 0.3) is 10.0 Å².